The number of amides is 1. The largest absolute Gasteiger partial charge is 0.352 e. The van der Waals surface area contributed by atoms with Gasteiger partial charge in [-0.25, -0.2) is 0 Å². The van der Waals surface area contributed by atoms with Crippen molar-refractivity contribution in [3.63, 3.8) is 0 Å². The van der Waals surface area contributed by atoms with Crippen LogP contribution in [-0.2, 0) is 4.79 Å². The zero-order valence-corrected chi connectivity index (χ0v) is 21.1. The first kappa shape index (κ1) is 23.7. The molecule has 8 heteroatoms. The Hall–Kier alpha value is -4.04. The Morgan fingerprint density at radius 2 is 1.86 bits per heavy atom. The van der Waals surface area contributed by atoms with Crippen molar-refractivity contribution in [2.75, 3.05) is 11.9 Å². The van der Waals surface area contributed by atoms with Crippen molar-refractivity contribution in [1.29, 1.82) is 0 Å². The predicted octanol–water partition coefficient (Wildman–Crippen LogP) is 4.89. The lowest BCUT2D eigenvalue weighted by molar-refractivity contribution is -0.116. The summed E-state index contributed by atoms with van der Waals surface area (Å²) in [5.74, 6) is -0.0551. The number of aromatic nitrogens is 3. The maximum Gasteiger partial charge on any atom is 0.226 e. The number of carbonyl (C=O) groups excluding carboxylic acids is 1. The van der Waals surface area contributed by atoms with Crippen LogP contribution in [0.25, 0.3) is 5.69 Å². The summed E-state index contributed by atoms with van der Waals surface area (Å²) in [7, 11) is 0. The van der Waals surface area contributed by atoms with E-state index in [-0.39, 0.29) is 18.0 Å². The highest BCUT2D eigenvalue weighted by atomic mass is 32.1. The maximum atomic E-state index is 12.8. The van der Waals surface area contributed by atoms with Crippen molar-refractivity contribution in [2.45, 2.75) is 32.4 Å². The number of carbonyl (C=O) groups is 1. The highest BCUT2D eigenvalue weighted by Crippen LogP contribution is 2.40. The molecule has 1 aliphatic rings. The number of nitrogens with one attached hydrogen (secondary N) is 2. The molecule has 0 spiro atoms. The van der Waals surface area contributed by atoms with Crippen LogP contribution in [0, 0.1) is 13.8 Å². The van der Waals surface area contributed by atoms with Crippen molar-refractivity contribution in [3.8, 4) is 5.69 Å². The lowest BCUT2D eigenvalue weighted by atomic mass is 10.0. The van der Waals surface area contributed by atoms with Gasteiger partial charge in [0.25, 0.3) is 0 Å². The number of thiocarbonyl (C=S) groups is 1. The Bertz CT molecular complexity index is 1350. The second-order valence-corrected chi connectivity index (χ2v) is 9.32. The second kappa shape index (κ2) is 10.3. The van der Waals surface area contributed by atoms with Gasteiger partial charge in [-0.1, -0.05) is 23.8 Å². The number of benzene rings is 1. The SMILES string of the molecule is Cc1ccc(NC(=O)CCN2C(=S)N[C@H](c3ccccn3)[C@H]2c2ccc(C)n2-c2cccnc2)cc1. The van der Waals surface area contributed by atoms with Gasteiger partial charge in [0, 0.05) is 42.4 Å². The summed E-state index contributed by atoms with van der Waals surface area (Å²) in [6.07, 6.45) is 5.71. The molecular weight excluding hydrogens is 468 g/mol. The van der Waals surface area contributed by atoms with E-state index in [1.165, 1.54) is 0 Å². The van der Waals surface area contributed by atoms with E-state index >= 15 is 0 Å². The third kappa shape index (κ3) is 4.85. The number of rotatable bonds is 7. The van der Waals surface area contributed by atoms with E-state index in [9.17, 15) is 4.79 Å². The molecule has 0 saturated carbocycles. The molecule has 1 amide bonds. The number of hydrogen-bond donors (Lipinski definition) is 2. The molecule has 5 rings (SSSR count). The lowest BCUT2D eigenvalue weighted by Gasteiger charge is -2.29. The number of nitrogens with zero attached hydrogens (tertiary/aromatic N) is 4. The van der Waals surface area contributed by atoms with Crippen molar-refractivity contribution < 1.29 is 4.79 Å². The first-order valence-electron chi connectivity index (χ1n) is 11.9. The minimum absolute atomic E-state index is 0.0551. The molecule has 7 nitrogen and oxygen atoms in total. The molecule has 4 aromatic rings. The van der Waals surface area contributed by atoms with Crippen LogP contribution in [0.3, 0.4) is 0 Å². The molecule has 2 atom stereocenters. The van der Waals surface area contributed by atoms with Crippen LogP contribution in [0.2, 0.25) is 0 Å². The van der Waals surface area contributed by atoms with Crippen molar-refractivity contribution in [3.05, 3.63) is 108 Å². The lowest BCUT2D eigenvalue weighted by Crippen LogP contribution is -2.33. The number of pyridine rings is 2. The molecule has 1 fully saturated rings. The third-order valence-corrected chi connectivity index (χ3v) is 6.78. The highest BCUT2D eigenvalue weighted by molar-refractivity contribution is 7.80. The van der Waals surface area contributed by atoms with E-state index in [1.54, 1.807) is 12.4 Å². The summed E-state index contributed by atoms with van der Waals surface area (Å²) in [5, 5.41) is 7.07. The number of hydrogen-bond acceptors (Lipinski definition) is 4. The Balaban J connectivity index is 1.45. The average molecular weight is 497 g/mol. The molecule has 1 aromatic carbocycles. The van der Waals surface area contributed by atoms with Crippen molar-refractivity contribution in [2.24, 2.45) is 0 Å². The number of aryl methyl sites for hydroxylation is 2. The minimum Gasteiger partial charge on any atom is -0.352 e. The molecule has 1 aliphatic heterocycles. The summed E-state index contributed by atoms with van der Waals surface area (Å²) < 4.78 is 2.20. The molecule has 182 valence electrons. The third-order valence-electron chi connectivity index (χ3n) is 6.43. The van der Waals surface area contributed by atoms with Gasteiger partial charge in [-0.2, -0.15) is 0 Å². The van der Waals surface area contributed by atoms with Crippen molar-refractivity contribution >= 4 is 28.9 Å². The first-order chi connectivity index (χ1) is 17.5. The first-order valence-corrected chi connectivity index (χ1v) is 12.4. The quantitative estimate of drug-likeness (QED) is 0.355. The van der Waals surface area contributed by atoms with Crippen LogP contribution in [0.1, 0.15) is 41.1 Å². The summed E-state index contributed by atoms with van der Waals surface area (Å²) >= 11 is 5.79. The summed E-state index contributed by atoms with van der Waals surface area (Å²) in [5.41, 5.74) is 5.96. The van der Waals surface area contributed by atoms with Crippen LogP contribution in [0.15, 0.2) is 85.3 Å². The van der Waals surface area contributed by atoms with Gasteiger partial charge >= 0.3 is 0 Å². The molecule has 0 bridgehead atoms. The molecule has 36 heavy (non-hydrogen) atoms. The van der Waals surface area contributed by atoms with Gasteiger partial charge in [0.15, 0.2) is 5.11 Å². The fourth-order valence-corrected chi connectivity index (χ4v) is 5.01. The van der Waals surface area contributed by atoms with Crippen LogP contribution in [-0.4, -0.2) is 37.0 Å². The van der Waals surface area contributed by atoms with E-state index in [4.69, 9.17) is 12.2 Å². The van der Waals surface area contributed by atoms with E-state index in [0.717, 1.165) is 34.0 Å². The van der Waals surface area contributed by atoms with E-state index in [0.29, 0.717) is 18.1 Å². The Morgan fingerprint density at radius 3 is 2.58 bits per heavy atom. The molecule has 1 saturated heterocycles. The van der Waals surface area contributed by atoms with Gasteiger partial charge in [-0.3, -0.25) is 14.8 Å². The van der Waals surface area contributed by atoms with Gasteiger partial charge in [0.2, 0.25) is 5.91 Å². The molecule has 2 N–H and O–H groups in total. The molecule has 0 unspecified atom stereocenters. The Morgan fingerprint density at radius 1 is 1.03 bits per heavy atom. The molecule has 4 heterocycles. The average Bonchev–Trinajstić information content (AvgIpc) is 3.44. The smallest absolute Gasteiger partial charge is 0.226 e. The molecule has 0 aliphatic carbocycles. The zero-order valence-electron chi connectivity index (χ0n) is 20.3. The normalized spacial score (nSPS) is 17.2. The standard InChI is InChI=1S/C28H28N6OS/c1-19-8-11-21(12-9-19)31-25(35)14-17-33-27(26(32-28(33)36)23-7-3-4-16-30-23)24-13-10-20(2)34(24)22-6-5-15-29-18-22/h3-13,15-16,18,26-27H,14,17H2,1-2H3,(H,31,35)(H,32,36)/t26-,27-/m1/s1. The van der Waals surface area contributed by atoms with Gasteiger partial charge in [-0.15, -0.1) is 0 Å². The van der Waals surface area contributed by atoms with Gasteiger partial charge in [-0.05, 0) is 74.6 Å². The monoisotopic (exact) mass is 496 g/mol. The zero-order chi connectivity index (χ0) is 25.1. The van der Waals surface area contributed by atoms with Gasteiger partial charge in [0.05, 0.1) is 29.7 Å². The van der Waals surface area contributed by atoms with Gasteiger partial charge < -0.3 is 20.1 Å². The molecule has 3 aromatic heterocycles. The van der Waals surface area contributed by atoms with Crippen LogP contribution < -0.4 is 10.6 Å². The predicted molar refractivity (Wildman–Crippen MR) is 145 cm³/mol. The van der Waals surface area contributed by atoms with E-state index in [2.05, 4.69) is 49.1 Å². The van der Waals surface area contributed by atoms with Gasteiger partial charge in [0.1, 0.15) is 0 Å². The van der Waals surface area contributed by atoms with Crippen LogP contribution in [0.4, 0.5) is 5.69 Å². The summed E-state index contributed by atoms with van der Waals surface area (Å²) in [4.78, 5) is 23.9. The Kier molecular flexibility index (Phi) is 6.77. The van der Waals surface area contributed by atoms with Crippen LogP contribution >= 0.6 is 12.2 Å². The maximum absolute atomic E-state index is 12.8. The highest BCUT2D eigenvalue weighted by Gasteiger charge is 2.41. The Labute approximate surface area is 216 Å². The van der Waals surface area contributed by atoms with E-state index < -0.39 is 0 Å². The summed E-state index contributed by atoms with van der Waals surface area (Å²) in [6.45, 7) is 4.56. The topological polar surface area (TPSA) is 75.1 Å². The number of anilines is 1. The van der Waals surface area contributed by atoms with Crippen LogP contribution in [0.5, 0.6) is 0 Å². The second-order valence-electron chi connectivity index (χ2n) is 8.93. The van der Waals surface area contributed by atoms with E-state index in [1.807, 2.05) is 67.7 Å². The minimum atomic E-state index is -0.163. The molecular formula is C28H28N6OS. The summed E-state index contributed by atoms with van der Waals surface area (Å²) in [6, 6.07) is 21.6. The fourth-order valence-electron chi connectivity index (χ4n) is 4.68. The fraction of sp³-hybridized carbons (Fsp3) is 0.214. The van der Waals surface area contributed by atoms with Crippen molar-refractivity contribution in [1.82, 2.24) is 24.8 Å². The molecule has 0 radical (unpaired) electrons.